The molecule has 3 N–H and O–H groups in total. The van der Waals surface area contributed by atoms with Crippen molar-refractivity contribution in [1.29, 1.82) is 0 Å². The van der Waals surface area contributed by atoms with E-state index in [1.807, 2.05) is 0 Å². The first-order valence-corrected chi connectivity index (χ1v) is 8.46. The summed E-state index contributed by atoms with van der Waals surface area (Å²) in [5.74, 6) is 0.0946. The Morgan fingerprint density at radius 1 is 1.08 bits per heavy atom. The molecule has 0 saturated carbocycles. The van der Waals surface area contributed by atoms with Crippen LogP contribution in [0, 0.1) is 5.82 Å². The van der Waals surface area contributed by atoms with E-state index in [1.54, 1.807) is 48.2 Å². The number of urea groups is 1. The minimum atomic E-state index is -0.536. The molecule has 0 radical (unpaired) electrons. The quantitative estimate of drug-likeness (QED) is 0.733. The Bertz CT molecular complexity index is 755. The normalized spacial score (nSPS) is 16.0. The van der Waals surface area contributed by atoms with Gasteiger partial charge in [0, 0.05) is 16.2 Å². The number of hydrazine groups is 1. The van der Waals surface area contributed by atoms with E-state index in [9.17, 15) is 14.0 Å². The van der Waals surface area contributed by atoms with Gasteiger partial charge in [-0.3, -0.25) is 10.2 Å². The Kier molecular flexibility index (Phi) is 5.00. The van der Waals surface area contributed by atoms with Crippen LogP contribution in [0.4, 0.5) is 9.18 Å². The van der Waals surface area contributed by atoms with E-state index in [1.165, 1.54) is 12.1 Å². The van der Waals surface area contributed by atoms with Crippen LogP contribution >= 0.6 is 11.8 Å². The number of carbonyl (C=O) groups is 2. The smallest absolute Gasteiger partial charge is 0.330 e. The van der Waals surface area contributed by atoms with Crippen molar-refractivity contribution < 1.29 is 14.0 Å². The lowest BCUT2D eigenvalue weighted by Crippen LogP contribution is -2.48. The average molecular weight is 345 g/mol. The van der Waals surface area contributed by atoms with Gasteiger partial charge in [0.15, 0.2) is 0 Å². The van der Waals surface area contributed by atoms with Gasteiger partial charge in [-0.25, -0.2) is 14.6 Å². The Balaban J connectivity index is 1.58. The van der Waals surface area contributed by atoms with Crippen LogP contribution in [-0.2, 0) is 0 Å². The summed E-state index contributed by atoms with van der Waals surface area (Å²) in [5, 5.41) is 2.76. The average Bonchev–Trinajstić information content (AvgIpc) is 2.61. The monoisotopic (exact) mass is 345 g/mol. The van der Waals surface area contributed by atoms with Gasteiger partial charge < -0.3 is 5.32 Å². The van der Waals surface area contributed by atoms with Crippen molar-refractivity contribution in [1.82, 2.24) is 16.2 Å². The van der Waals surface area contributed by atoms with Crippen LogP contribution < -0.4 is 16.2 Å². The highest BCUT2D eigenvalue weighted by atomic mass is 32.2. The number of nitrogens with one attached hydrogen (secondary N) is 3. The van der Waals surface area contributed by atoms with Crippen LogP contribution in [0.2, 0.25) is 0 Å². The minimum Gasteiger partial charge on any atom is -0.330 e. The van der Waals surface area contributed by atoms with Crippen molar-refractivity contribution >= 4 is 23.7 Å². The fourth-order valence-electron chi connectivity index (χ4n) is 2.48. The molecule has 24 heavy (non-hydrogen) atoms. The molecule has 1 aliphatic rings. The number of carbonyl (C=O) groups excluding carboxylic acids is 2. The lowest BCUT2D eigenvalue weighted by molar-refractivity contribution is 0.0936. The standard InChI is InChI=1S/C17H16FN3O2S/c18-12-6-7-15-13(10-12)14(8-9-24-15)19-17(23)21-20-16(22)11-4-2-1-3-5-11/h1-7,10,14H,8-9H2,(H,20,22)(H2,19,21,23). The molecule has 1 heterocycles. The second-order valence-electron chi connectivity index (χ2n) is 5.29. The van der Waals surface area contributed by atoms with Gasteiger partial charge in [-0.15, -0.1) is 11.8 Å². The van der Waals surface area contributed by atoms with Gasteiger partial charge in [0.25, 0.3) is 5.91 Å². The molecule has 3 amide bonds. The molecule has 5 nitrogen and oxygen atoms in total. The molecule has 2 aromatic rings. The highest BCUT2D eigenvalue weighted by Crippen LogP contribution is 2.36. The van der Waals surface area contributed by atoms with Gasteiger partial charge in [0.1, 0.15) is 5.82 Å². The van der Waals surface area contributed by atoms with Crippen LogP contribution in [-0.4, -0.2) is 17.7 Å². The molecule has 0 fully saturated rings. The maximum atomic E-state index is 13.5. The SMILES string of the molecule is O=C(NNC(=O)c1ccccc1)NC1CCSc2ccc(F)cc21. The van der Waals surface area contributed by atoms with Crippen molar-refractivity contribution in [3.05, 3.63) is 65.5 Å². The van der Waals surface area contributed by atoms with E-state index in [2.05, 4.69) is 16.2 Å². The molecule has 1 atom stereocenters. The van der Waals surface area contributed by atoms with E-state index in [0.717, 1.165) is 16.2 Å². The lowest BCUT2D eigenvalue weighted by atomic mass is 10.0. The van der Waals surface area contributed by atoms with Crippen LogP contribution in [0.25, 0.3) is 0 Å². The Labute approximate surface area is 143 Å². The van der Waals surface area contributed by atoms with Gasteiger partial charge >= 0.3 is 6.03 Å². The summed E-state index contributed by atoms with van der Waals surface area (Å²) in [5.41, 5.74) is 5.87. The maximum absolute atomic E-state index is 13.5. The fraction of sp³-hybridized carbons (Fsp3) is 0.176. The van der Waals surface area contributed by atoms with Crippen molar-refractivity contribution in [2.75, 3.05) is 5.75 Å². The highest BCUT2D eigenvalue weighted by Gasteiger charge is 2.23. The molecule has 0 aliphatic carbocycles. The molecule has 0 bridgehead atoms. The van der Waals surface area contributed by atoms with E-state index in [0.29, 0.717) is 12.0 Å². The molecule has 0 saturated heterocycles. The first-order chi connectivity index (χ1) is 11.6. The molecular weight excluding hydrogens is 329 g/mol. The molecule has 2 aromatic carbocycles. The van der Waals surface area contributed by atoms with Crippen molar-refractivity contribution in [3.8, 4) is 0 Å². The number of amides is 3. The van der Waals surface area contributed by atoms with Gasteiger partial charge in [-0.2, -0.15) is 0 Å². The van der Waals surface area contributed by atoms with Crippen LogP contribution in [0.15, 0.2) is 53.4 Å². The lowest BCUT2D eigenvalue weighted by Gasteiger charge is -2.26. The first kappa shape index (κ1) is 16.3. The summed E-state index contributed by atoms with van der Waals surface area (Å²) in [7, 11) is 0. The predicted molar refractivity (Wildman–Crippen MR) is 90.1 cm³/mol. The number of rotatable bonds is 2. The first-order valence-electron chi connectivity index (χ1n) is 7.47. The second-order valence-corrected chi connectivity index (χ2v) is 6.43. The molecular formula is C17H16FN3O2S. The zero-order chi connectivity index (χ0) is 16.9. The summed E-state index contributed by atoms with van der Waals surface area (Å²) in [4.78, 5) is 24.8. The third-order valence-electron chi connectivity index (χ3n) is 3.64. The van der Waals surface area contributed by atoms with Crippen LogP contribution in [0.5, 0.6) is 0 Å². The van der Waals surface area contributed by atoms with Gasteiger partial charge in [0.05, 0.1) is 6.04 Å². The highest BCUT2D eigenvalue weighted by molar-refractivity contribution is 7.99. The predicted octanol–water partition coefficient (Wildman–Crippen LogP) is 3.01. The Hall–Kier alpha value is -2.54. The molecule has 0 spiro atoms. The zero-order valence-electron chi connectivity index (χ0n) is 12.7. The Morgan fingerprint density at radius 3 is 2.67 bits per heavy atom. The number of fused-ring (bicyclic) bond motifs is 1. The van der Waals surface area contributed by atoms with Gasteiger partial charge in [0.2, 0.25) is 0 Å². The molecule has 1 unspecified atom stereocenters. The third-order valence-corrected chi connectivity index (χ3v) is 4.76. The second kappa shape index (κ2) is 7.35. The topological polar surface area (TPSA) is 70.2 Å². The van der Waals surface area contributed by atoms with Crippen LogP contribution in [0.3, 0.4) is 0 Å². The summed E-state index contributed by atoms with van der Waals surface area (Å²) in [6.45, 7) is 0. The van der Waals surface area contributed by atoms with E-state index < -0.39 is 11.9 Å². The van der Waals surface area contributed by atoms with Gasteiger partial charge in [-0.05, 0) is 42.3 Å². The van der Waals surface area contributed by atoms with E-state index in [4.69, 9.17) is 0 Å². The number of benzene rings is 2. The number of thioether (sulfide) groups is 1. The minimum absolute atomic E-state index is 0.287. The number of halogens is 1. The number of hydrogen-bond donors (Lipinski definition) is 3. The van der Waals surface area contributed by atoms with Crippen molar-refractivity contribution in [3.63, 3.8) is 0 Å². The summed E-state index contributed by atoms with van der Waals surface area (Å²) in [6, 6.07) is 12.3. The summed E-state index contributed by atoms with van der Waals surface area (Å²) < 4.78 is 13.5. The van der Waals surface area contributed by atoms with Crippen molar-refractivity contribution in [2.24, 2.45) is 0 Å². The van der Waals surface area contributed by atoms with Crippen molar-refractivity contribution in [2.45, 2.75) is 17.4 Å². The number of hydrogen-bond acceptors (Lipinski definition) is 3. The summed E-state index contributed by atoms with van der Waals surface area (Å²) >= 11 is 1.64. The molecule has 3 rings (SSSR count). The molecule has 124 valence electrons. The summed E-state index contributed by atoms with van der Waals surface area (Å²) in [6.07, 6.45) is 0.696. The van der Waals surface area contributed by atoms with E-state index >= 15 is 0 Å². The molecule has 0 aromatic heterocycles. The third kappa shape index (κ3) is 3.86. The zero-order valence-corrected chi connectivity index (χ0v) is 13.5. The van der Waals surface area contributed by atoms with Crippen LogP contribution in [0.1, 0.15) is 28.4 Å². The Morgan fingerprint density at radius 2 is 1.88 bits per heavy atom. The van der Waals surface area contributed by atoms with Gasteiger partial charge in [-0.1, -0.05) is 18.2 Å². The largest absolute Gasteiger partial charge is 0.333 e. The maximum Gasteiger partial charge on any atom is 0.333 e. The fourth-order valence-corrected chi connectivity index (χ4v) is 3.59. The molecule has 1 aliphatic heterocycles. The van der Waals surface area contributed by atoms with E-state index in [-0.39, 0.29) is 11.9 Å². The molecule has 7 heteroatoms.